The second-order valence-electron chi connectivity index (χ2n) is 4.62. The summed E-state index contributed by atoms with van der Waals surface area (Å²) in [5, 5.41) is 0. The fraction of sp³-hybridized carbons (Fsp3) is 0.462. The van der Waals surface area contributed by atoms with Crippen LogP contribution in [0.5, 0.6) is 0 Å². The van der Waals surface area contributed by atoms with Crippen LogP contribution in [0.25, 0.3) is 0 Å². The first kappa shape index (κ1) is 12.5. The number of imidazole rings is 1. The standard InChI is InChI=1S/C13H19N5/c1-9-10(2)15-11(3)16-13(9)18(5)8-12-14-6-7-17(12)4/h6-7H,8H2,1-5H3. The van der Waals surface area contributed by atoms with Crippen molar-refractivity contribution in [2.45, 2.75) is 27.3 Å². The first-order chi connectivity index (χ1) is 8.49. The molecule has 18 heavy (non-hydrogen) atoms. The predicted molar refractivity (Wildman–Crippen MR) is 71.6 cm³/mol. The lowest BCUT2D eigenvalue weighted by Gasteiger charge is -2.21. The van der Waals surface area contributed by atoms with Gasteiger partial charge in [0, 0.05) is 37.7 Å². The molecule has 5 heteroatoms. The molecule has 0 amide bonds. The molecule has 0 atom stereocenters. The number of hydrogen-bond donors (Lipinski definition) is 0. The van der Waals surface area contributed by atoms with Crippen molar-refractivity contribution in [2.75, 3.05) is 11.9 Å². The lowest BCUT2D eigenvalue weighted by atomic mass is 10.2. The van der Waals surface area contributed by atoms with Gasteiger partial charge in [-0.25, -0.2) is 15.0 Å². The van der Waals surface area contributed by atoms with Crippen molar-refractivity contribution < 1.29 is 0 Å². The number of nitrogens with zero attached hydrogens (tertiary/aromatic N) is 5. The minimum Gasteiger partial charge on any atom is -0.352 e. The Morgan fingerprint density at radius 3 is 2.56 bits per heavy atom. The highest BCUT2D eigenvalue weighted by atomic mass is 15.2. The van der Waals surface area contributed by atoms with Crippen molar-refractivity contribution in [3.63, 3.8) is 0 Å². The first-order valence-corrected chi connectivity index (χ1v) is 5.98. The van der Waals surface area contributed by atoms with E-state index in [1.54, 1.807) is 0 Å². The van der Waals surface area contributed by atoms with E-state index in [-0.39, 0.29) is 0 Å². The van der Waals surface area contributed by atoms with Crippen molar-refractivity contribution in [2.24, 2.45) is 7.05 Å². The Morgan fingerprint density at radius 2 is 1.94 bits per heavy atom. The lowest BCUT2D eigenvalue weighted by Crippen LogP contribution is -2.22. The van der Waals surface area contributed by atoms with E-state index >= 15 is 0 Å². The molecule has 2 aromatic heterocycles. The van der Waals surface area contributed by atoms with Gasteiger partial charge in [0.05, 0.1) is 6.54 Å². The maximum Gasteiger partial charge on any atom is 0.135 e. The molecule has 0 unspecified atom stereocenters. The molecule has 2 rings (SSSR count). The Balaban J connectivity index is 2.29. The van der Waals surface area contributed by atoms with Crippen molar-refractivity contribution in [1.82, 2.24) is 19.5 Å². The average molecular weight is 245 g/mol. The number of hydrogen-bond acceptors (Lipinski definition) is 4. The predicted octanol–water partition coefficient (Wildman–Crippen LogP) is 1.77. The normalized spacial score (nSPS) is 10.7. The second kappa shape index (κ2) is 4.76. The summed E-state index contributed by atoms with van der Waals surface area (Å²) in [5.74, 6) is 2.80. The lowest BCUT2D eigenvalue weighted by molar-refractivity contribution is 0.749. The van der Waals surface area contributed by atoms with Crippen LogP contribution >= 0.6 is 0 Å². The SMILES string of the molecule is Cc1nc(C)c(C)c(N(C)Cc2nccn2C)n1. The van der Waals surface area contributed by atoms with E-state index < -0.39 is 0 Å². The topological polar surface area (TPSA) is 46.8 Å². The van der Waals surface area contributed by atoms with Gasteiger partial charge >= 0.3 is 0 Å². The van der Waals surface area contributed by atoms with Crippen LogP contribution in [0.2, 0.25) is 0 Å². The summed E-state index contributed by atoms with van der Waals surface area (Å²) in [7, 11) is 4.03. The largest absolute Gasteiger partial charge is 0.352 e. The third-order valence-corrected chi connectivity index (χ3v) is 3.14. The smallest absolute Gasteiger partial charge is 0.135 e. The monoisotopic (exact) mass is 245 g/mol. The molecule has 0 aliphatic carbocycles. The summed E-state index contributed by atoms with van der Waals surface area (Å²) >= 11 is 0. The molecule has 0 aliphatic heterocycles. The summed E-state index contributed by atoms with van der Waals surface area (Å²) in [4.78, 5) is 15.3. The van der Waals surface area contributed by atoms with E-state index in [0.29, 0.717) is 0 Å². The minimum absolute atomic E-state index is 0.736. The van der Waals surface area contributed by atoms with Crippen LogP contribution in [0.4, 0.5) is 5.82 Å². The molecule has 5 nitrogen and oxygen atoms in total. The summed E-state index contributed by atoms with van der Waals surface area (Å²) in [6, 6.07) is 0. The molecule has 0 spiro atoms. The molecular formula is C13H19N5. The second-order valence-corrected chi connectivity index (χ2v) is 4.62. The first-order valence-electron chi connectivity index (χ1n) is 5.98. The van der Waals surface area contributed by atoms with Crippen molar-refractivity contribution in [3.05, 3.63) is 35.3 Å². The highest BCUT2D eigenvalue weighted by molar-refractivity contribution is 5.47. The van der Waals surface area contributed by atoms with E-state index in [1.807, 2.05) is 44.9 Å². The molecule has 96 valence electrons. The van der Waals surface area contributed by atoms with E-state index in [1.165, 1.54) is 0 Å². The van der Waals surface area contributed by atoms with Crippen molar-refractivity contribution in [1.29, 1.82) is 0 Å². The van der Waals surface area contributed by atoms with Gasteiger partial charge in [0.25, 0.3) is 0 Å². The van der Waals surface area contributed by atoms with Crippen LogP contribution in [-0.4, -0.2) is 26.6 Å². The Hall–Kier alpha value is -1.91. The summed E-state index contributed by atoms with van der Waals surface area (Å²) in [6.07, 6.45) is 3.76. The quantitative estimate of drug-likeness (QED) is 0.827. The van der Waals surface area contributed by atoms with Gasteiger partial charge in [-0.15, -0.1) is 0 Å². The van der Waals surface area contributed by atoms with Crippen LogP contribution < -0.4 is 4.90 Å². The maximum absolute atomic E-state index is 4.52. The molecule has 0 saturated heterocycles. The van der Waals surface area contributed by atoms with Gasteiger partial charge in [0.2, 0.25) is 0 Å². The van der Waals surface area contributed by atoms with Gasteiger partial charge in [0.1, 0.15) is 17.5 Å². The summed E-state index contributed by atoms with van der Waals surface area (Å²) < 4.78 is 2.02. The zero-order chi connectivity index (χ0) is 13.3. The van der Waals surface area contributed by atoms with Crippen LogP contribution in [0, 0.1) is 20.8 Å². The molecule has 0 saturated carbocycles. The van der Waals surface area contributed by atoms with Gasteiger partial charge in [-0.05, 0) is 20.8 Å². The molecule has 0 fully saturated rings. The minimum atomic E-state index is 0.736. The number of rotatable bonds is 3. The Kier molecular flexibility index (Phi) is 3.32. The number of aromatic nitrogens is 4. The Morgan fingerprint density at radius 1 is 1.22 bits per heavy atom. The van der Waals surface area contributed by atoms with Crippen molar-refractivity contribution >= 4 is 5.82 Å². The van der Waals surface area contributed by atoms with E-state index in [9.17, 15) is 0 Å². The van der Waals surface area contributed by atoms with E-state index in [2.05, 4.69) is 26.8 Å². The third-order valence-electron chi connectivity index (χ3n) is 3.14. The molecule has 0 radical (unpaired) electrons. The highest BCUT2D eigenvalue weighted by Crippen LogP contribution is 2.19. The molecule has 0 aromatic carbocycles. The van der Waals surface area contributed by atoms with Crippen LogP contribution in [0.1, 0.15) is 22.9 Å². The highest BCUT2D eigenvalue weighted by Gasteiger charge is 2.12. The summed E-state index contributed by atoms with van der Waals surface area (Å²) in [6.45, 7) is 6.73. The third kappa shape index (κ3) is 2.34. The Labute approximate surface area is 108 Å². The van der Waals surface area contributed by atoms with Gasteiger partial charge in [-0.2, -0.15) is 0 Å². The van der Waals surface area contributed by atoms with E-state index in [4.69, 9.17) is 0 Å². The number of aryl methyl sites for hydroxylation is 3. The number of anilines is 1. The van der Waals surface area contributed by atoms with Crippen LogP contribution in [-0.2, 0) is 13.6 Å². The maximum atomic E-state index is 4.52. The van der Waals surface area contributed by atoms with Crippen LogP contribution in [0.15, 0.2) is 12.4 Å². The molecule has 0 aliphatic rings. The molecule has 2 heterocycles. The molecular weight excluding hydrogens is 226 g/mol. The van der Waals surface area contributed by atoms with Gasteiger partial charge in [-0.3, -0.25) is 0 Å². The zero-order valence-corrected chi connectivity index (χ0v) is 11.6. The van der Waals surface area contributed by atoms with Crippen molar-refractivity contribution in [3.8, 4) is 0 Å². The molecule has 0 N–H and O–H groups in total. The van der Waals surface area contributed by atoms with Crippen LogP contribution in [0.3, 0.4) is 0 Å². The van der Waals surface area contributed by atoms with Gasteiger partial charge < -0.3 is 9.47 Å². The summed E-state index contributed by atoms with van der Waals surface area (Å²) in [5.41, 5.74) is 2.15. The fourth-order valence-electron chi connectivity index (χ4n) is 1.96. The van der Waals surface area contributed by atoms with Gasteiger partial charge in [-0.1, -0.05) is 0 Å². The zero-order valence-electron chi connectivity index (χ0n) is 11.6. The fourth-order valence-corrected chi connectivity index (χ4v) is 1.96. The average Bonchev–Trinajstić information content (AvgIpc) is 2.69. The van der Waals surface area contributed by atoms with Gasteiger partial charge in [0.15, 0.2) is 0 Å². The molecule has 2 aromatic rings. The molecule has 0 bridgehead atoms. The Bertz CT molecular complexity index is 559. The van der Waals surface area contributed by atoms with E-state index in [0.717, 1.165) is 35.3 Å².